The highest BCUT2D eigenvalue weighted by Gasteiger charge is 2.14. The second-order valence-corrected chi connectivity index (χ2v) is 2.50. The molecule has 0 saturated heterocycles. The molecule has 0 bridgehead atoms. The van der Waals surface area contributed by atoms with Crippen molar-refractivity contribution in [2.24, 2.45) is 11.5 Å². The van der Waals surface area contributed by atoms with Gasteiger partial charge in [0.05, 0.1) is 6.42 Å². The molecule has 0 aliphatic carbocycles. The maximum Gasteiger partial charge on any atom is 0.321 e. The number of nitrogens with two attached hydrogens (primary N) is 2. The minimum Gasteiger partial charge on any atom is -0.481 e. The minimum atomic E-state index is -1.29. The van der Waals surface area contributed by atoms with E-state index >= 15 is 0 Å². The van der Waals surface area contributed by atoms with Crippen LogP contribution in [0.15, 0.2) is 0 Å². The zero-order valence-electron chi connectivity index (χ0n) is 7.72. The maximum absolute atomic E-state index is 9.85. The lowest BCUT2D eigenvalue weighted by Gasteiger charge is -1.99. The molecule has 7 nitrogen and oxygen atoms in total. The minimum absolute atomic E-state index is 0. The number of hydrogen-bond acceptors (Lipinski definition) is 6. The van der Waals surface area contributed by atoms with E-state index in [4.69, 9.17) is 21.7 Å². The van der Waals surface area contributed by atoms with Gasteiger partial charge in [-0.2, -0.15) is 12.6 Å². The van der Waals surface area contributed by atoms with Crippen LogP contribution in [-0.2, 0) is 9.59 Å². The second-order valence-electron chi connectivity index (χ2n) is 2.05. The highest BCUT2D eigenvalue weighted by Crippen LogP contribution is 1.86. The van der Waals surface area contributed by atoms with Gasteiger partial charge < -0.3 is 27.8 Å². The van der Waals surface area contributed by atoms with Gasteiger partial charge in [-0.3, -0.25) is 9.59 Å². The molecule has 0 aromatic carbocycles. The van der Waals surface area contributed by atoms with Crippen molar-refractivity contribution in [3.05, 3.63) is 0 Å². The SMILES string of the molecule is N.NC(CC(=O)O)C(=O)O.NCCS. The fourth-order valence-corrected chi connectivity index (χ4v) is 0.275. The molecule has 0 aromatic heterocycles. The Hall–Kier alpha value is -0.830. The van der Waals surface area contributed by atoms with E-state index in [1.54, 1.807) is 0 Å². The normalized spacial score (nSPS) is 10.2. The molecule has 0 radical (unpaired) electrons. The molecule has 0 rings (SSSR count). The Morgan fingerprint density at radius 1 is 1.36 bits per heavy atom. The molecule has 9 N–H and O–H groups in total. The summed E-state index contributed by atoms with van der Waals surface area (Å²) in [6, 6.07) is -1.29. The van der Waals surface area contributed by atoms with Gasteiger partial charge in [-0.1, -0.05) is 0 Å². The van der Waals surface area contributed by atoms with E-state index in [0.717, 1.165) is 5.75 Å². The van der Waals surface area contributed by atoms with Crippen molar-refractivity contribution in [1.29, 1.82) is 0 Å². The molecule has 0 aliphatic heterocycles. The largest absolute Gasteiger partial charge is 0.481 e. The first-order chi connectivity index (χ1) is 5.95. The highest BCUT2D eigenvalue weighted by atomic mass is 32.1. The summed E-state index contributed by atoms with van der Waals surface area (Å²) in [5, 5.41) is 16.0. The van der Waals surface area contributed by atoms with Gasteiger partial charge in [-0.05, 0) is 0 Å². The molecular formula is C6H17N3O4S. The van der Waals surface area contributed by atoms with Crippen LogP contribution in [0.1, 0.15) is 6.42 Å². The molecule has 1 atom stereocenters. The van der Waals surface area contributed by atoms with Crippen LogP contribution in [0.25, 0.3) is 0 Å². The molecule has 0 saturated carbocycles. The van der Waals surface area contributed by atoms with Gasteiger partial charge in [0, 0.05) is 12.3 Å². The van der Waals surface area contributed by atoms with Crippen LogP contribution in [0.3, 0.4) is 0 Å². The van der Waals surface area contributed by atoms with Gasteiger partial charge in [0.1, 0.15) is 6.04 Å². The van der Waals surface area contributed by atoms with Crippen LogP contribution in [0.4, 0.5) is 0 Å². The van der Waals surface area contributed by atoms with E-state index in [9.17, 15) is 9.59 Å². The Labute approximate surface area is 87.5 Å². The van der Waals surface area contributed by atoms with Gasteiger partial charge in [0.15, 0.2) is 0 Å². The van der Waals surface area contributed by atoms with E-state index < -0.39 is 24.4 Å². The Kier molecular flexibility index (Phi) is 16.4. The first-order valence-corrected chi connectivity index (χ1v) is 4.10. The number of rotatable bonds is 4. The molecule has 8 heteroatoms. The van der Waals surface area contributed by atoms with Gasteiger partial charge in [-0.15, -0.1) is 0 Å². The lowest BCUT2D eigenvalue weighted by Crippen LogP contribution is -2.32. The molecule has 86 valence electrons. The van der Waals surface area contributed by atoms with Crippen molar-refractivity contribution in [2.45, 2.75) is 12.5 Å². The molecule has 14 heavy (non-hydrogen) atoms. The molecule has 0 aromatic rings. The highest BCUT2D eigenvalue weighted by molar-refractivity contribution is 7.80. The van der Waals surface area contributed by atoms with Gasteiger partial charge in [0.25, 0.3) is 0 Å². The fraction of sp³-hybridized carbons (Fsp3) is 0.667. The summed E-state index contributed by atoms with van der Waals surface area (Å²) >= 11 is 3.80. The first kappa shape index (κ1) is 18.9. The van der Waals surface area contributed by atoms with Crippen LogP contribution < -0.4 is 17.6 Å². The Balaban J connectivity index is -0.000000209. The monoisotopic (exact) mass is 227 g/mol. The van der Waals surface area contributed by atoms with E-state index in [1.165, 1.54) is 0 Å². The lowest BCUT2D eigenvalue weighted by molar-refractivity contribution is -0.144. The second kappa shape index (κ2) is 12.2. The summed E-state index contributed by atoms with van der Waals surface area (Å²) < 4.78 is 0. The molecular weight excluding hydrogens is 210 g/mol. The van der Waals surface area contributed by atoms with Gasteiger partial charge in [-0.25, -0.2) is 0 Å². The number of carboxylic acids is 2. The molecule has 1 unspecified atom stereocenters. The molecule has 0 amide bonds. The fourth-order valence-electron chi connectivity index (χ4n) is 0.275. The van der Waals surface area contributed by atoms with Crippen molar-refractivity contribution >= 4 is 24.6 Å². The summed E-state index contributed by atoms with van der Waals surface area (Å²) in [5.41, 5.74) is 9.79. The predicted molar refractivity (Wildman–Crippen MR) is 55.8 cm³/mol. The van der Waals surface area contributed by atoms with Crippen molar-refractivity contribution in [3.8, 4) is 0 Å². The third-order valence-electron chi connectivity index (χ3n) is 0.841. The smallest absolute Gasteiger partial charge is 0.321 e. The predicted octanol–water partition coefficient (Wildman–Crippen LogP) is -1.09. The summed E-state index contributed by atoms with van der Waals surface area (Å²) in [6.45, 7) is 0.684. The Bertz CT molecular complexity index is 165. The van der Waals surface area contributed by atoms with Crippen LogP contribution in [0.2, 0.25) is 0 Å². The van der Waals surface area contributed by atoms with E-state index in [2.05, 4.69) is 12.6 Å². The standard InChI is InChI=1S/C4H7NO4.C2H7NS.H3N/c5-2(4(8)9)1-3(6)7;3-1-2-4;/h2H,1,5H2,(H,6,7)(H,8,9);4H,1-3H2;1H3. The summed E-state index contributed by atoms with van der Waals surface area (Å²) in [4.78, 5) is 19.6. The Morgan fingerprint density at radius 2 is 1.71 bits per heavy atom. The molecule has 0 aliphatic rings. The average molecular weight is 227 g/mol. The zero-order chi connectivity index (χ0) is 10.9. The van der Waals surface area contributed by atoms with E-state index in [0.29, 0.717) is 6.54 Å². The van der Waals surface area contributed by atoms with Crippen LogP contribution in [0.5, 0.6) is 0 Å². The van der Waals surface area contributed by atoms with Gasteiger partial charge >= 0.3 is 11.9 Å². The third-order valence-corrected chi connectivity index (χ3v) is 1.10. The number of carbonyl (C=O) groups is 2. The average Bonchev–Trinajstić information content (AvgIpc) is 2.03. The number of aliphatic carboxylic acids is 2. The molecule has 0 spiro atoms. The van der Waals surface area contributed by atoms with Crippen LogP contribution in [0, 0.1) is 0 Å². The van der Waals surface area contributed by atoms with Crippen LogP contribution >= 0.6 is 12.6 Å². The maximum atomic E-state index is 9.85. The van der Waals surface area contributed by atoms with Crippen molar-refractivity contribution in [2.75, 3.05) is 12.3 Å². The van der Waals surface area contributed by atoms with E-state index in [-0.39, 0.29) is 6.15 Å². The summed E-state index contributed by atoms with van der Waals surface area (Å²) in [7, 11) is 0. The lowest BCUT2D eigenvalue weighted by atomic mass is 10.2. The topological polar surface area (TPSA) is 162 Å². The first-order valence-electron chi connectivity index (χ1n) is 3.46. The zero-order valence-corrected chi connectivity index (χ0v) is 8.61. The van der Waals surface area contributed by atoms with E-state index in [1.807, 2.05) is 0 Å². The Morgan fingerprint density at radius 3 is 1.79 bits per heavy atom. The number of thiol groups is 1. The summed E-state index contributed by atoms with van der Waals surface area (Å²) in [6.07, 6.45) is -0.532. The van der Waals surface area contributed by atoms with Crippen LogP contribution in [-0.4, -0.2) is 40.5 Å². The quantitative estimate of drug-likeness (QED) is 0.332. The summed E-state index contributed by atoms with van der Waals surface area (Å²) in [5.74, 6) is -1.71. The van der Waals surface area contributed by atoms with Crippen molar-refractivity contribution < 1.29 is 19.8 Å². The number of hydrogen-bond donors (Lipinski definition) is 6. The molecule has 0 heterocycles. The third kappa shape index (κ3) is 17.3. The molecule has 0 fully saturated rings. The van der Waals surface area contributed by atoms with Crippen molar-refractivity contribution in [1.82, 2.24) is 6.15 Å². The van der Waals surface area contributed by atoms with Crippen molar-refractivity contribution in [3.63, 3.8) is 0 Å². The number of carboxylic acid groups (broad SMARTS) is 2. The van der Waals surface area contributed by atoms with Gasteiger partial charge in [0.2, 0.25) is 0 Å².